The minimum atomic E-state index is 0.901. The Morgan fingerprint density at radius 3 is 2.47 bits per heavy atom. The van der Waals surface area contributed by atoms with E-state index in [4.69, 9.17) is 4.52 Å². The maximum absolute atomic E-state index is 5.08. The Balaban J connectivity index is 2.25. The second-order valence-corrected chi connectivity index (χ2v) is 3.42. The molecule has 2 aliphatic rings. The Kier molecular flexibility index (Phi) is 1.78. The fourth-order valence-electron chi connectivity index (χ4n) is 1.74. The van der Waals surface area contributed by atoms with E-state index < -0.39 is 0 Å². The number of aromatic nitrogens is 1. The van der Waals surface area contributed by atoms with E-state index in [2.05, 4.69) is 11.2 Å². The molecule has 0 fully saturated rings. The molecule has 0 spiro atoms. The van der Waals surface area contributed by atoms with Gasteiger partial charge in [0.05, 0.1) is 0 Å². The summed E-state index contributed by atoms with van der Waals surface area (Å²) in [4.78, 5) is 0. The Bertz CT molecular complexity index is 542. The molecule has 1 aliphatic carbocycles. The third-order valence-electron chi connectivity index (χ3n) is 2.48. The first-order valence-corrected chi connectivity index (χ1v) is 4.84. The van der Waals surface area contributed by atoms with Gasteiger partial charge >= 0.3 is 0 Å². The molecule has 0 bridgehead atoms. The van der Waals surface area contributed by atoms with Gasteiger partial charge in [-0.25, -0.2) is 0 Å². The molecule has 0 atom stereocenters. The molecule has 2 nitrogen and oxygen atoms in total. The van der Waals surface area contributed by atoms with E-state index in [1.165, 1.54) is 0 Å². The van der Waals surface area contributed by atoms with Gasteiger partial charge in [-0.1, -0.05) is 53.7 Å². The van der Waals surface area contributed by atoms with Crippen LogP contribution in [0.4, 0.5) is 0 Å². The van der Waals surface area contributed by atoms with Crippen LogP contribution in [0.1, 0.15) is 0 Å². The maximum atomic E-state index is 5.08. The van der Waals surface area contributed by atoms with Crippen molar-refractivity contribution in [3.8, 4) is 22.4 Å². The lowest BCUT2D eigenvalue weighted by Gasteiger charge is -2.04. The van der Waals surface area contributed by atoms with Gasteiger partial charge in [0.1, 0.15) is 12.0 Å². The summed E-state index contributed by atoms with van der Waals surface area (Å²) < 4.78 is 5.08. The molecule has 15 heavy (non-hydrogen) atoms. The van der Waals surface area contributed by atoms with Crippen molar-refractivity contribution in [1.82, 2.24) is 5.16 Å². The molecule has 0 radical (unpaired) electrons. The van der Waals surface area contributed by atoms with Crippen LogP contribution in [-0.4, -0.2) is 5.16 Å². The number of hydrogen-bond acceptors (Lipinski definition) is 2. The summed E-state index contributed by atoms with van der Waals surface area (Å²) >= 11 is 0. The van der Waals surface area contributed by atoms with E-state index in [-0.39, 0.29) is 0 Å². The van der Waals surface area contributed by atoms with Crippen molar-refractivity contribution in [1.29, 1.82) is 0 Å². The van der Waals surface area contributed by atoms with Crippen LogP contribution in [0.3, 0.4) is 0 Å². The normalized spacial score (nSPS) is 10.7. The molecule has 0 amide bonds. The number of rotatable bonds is 1. The summed E-state index contributed by atoms with van der Waals surface area (Å²) in [5.74, 6) is 0. The highest BCUT2D eigenvalue weighted by atomic mass is 16.4. The average Bonchev–Trinajstić information content (AvgIpc) is 2.78. The van der Waals surface area contributed by atoms with Gasteiger partial charge in [-0.15, -0.1) is 0 Å². The van der Waals surface area contributed by atoms with Crippen LogP contribution in [0.25, 0.3) is 22.4 Å². The van der Waals surface area contributed by atoms with Crippen LogP contribution >= 0.6 is 0 Å². The topological polar surface area (TPSA) is 26.0 Å². The zero-order valence-corrected chi connectivity index (χ0v) is 8.05. The van der Waals surface area contributed by atoms with Crippen LogP contribution < -0.4 is 0 Å². The van der Waals surface area contributed by atoms with Gasteiger partial charge in [-0.2, -0.15) is 0 Å². The number of fused-ring (bicyclic) bond motifs is 1. The van der Waals surface area contributed by atoms with Gasteiger partial charge in [-0.05, 0) is 0 Å². The van der Waals surface area contributed by atoms with Crippen LogP contribution in [0.15, 0.2) is 59.3 Å². The minimum Gasteiger partial charge on any atom is -0.364 e. The molecular weight excluding hydrogens is 186 g/mol. The molecule has 0 N–H and O–H groups in total. The molecule has 1 aromatic carbocycles. The Hall–Kier alpha value is -2.09. The van der Waals surface area contributed by atoms with Crippen molar-refractivity contribution in [2.75, 3.05) is 0 Å². The second-order valence-electron chi connectivity index (χ2n) is 3.42. The predicted octanol–water partition coefficient (Wildman–Crippen LogP) is 3.45. The maximum Gasteiger partial charge on any atom is 0.130 e. The Labute approximate surface area is 87.5 Å². The zero-order valence-electron chi connectivity index (χ0n) is 8.05. The lowest BCUT2D eigenvalue weighted by atomic mass is 10.1. The standard InChI is InChI=1S/C13H9NO/c1-2-5-10(6-3-1)13-12-8-4-7-11(12)9-15-14-13/h1-9H. The highest BCUT2D eigenvalue weighted by molar-refractivity contribution is 5.81. The lowest BCUT2D eigenvalue weighted by molar-refractivity contribution is 0.405. The number of benzene rings is 1. The fraction of sp³-hybridized carbons (Fsp3) is 0. The van der Waals surface area contributed by atoms with Crippen molar-refractivity contribution >= 4 is 0 Å². The molecule has 0 unspecified atom stereocenters. The largest absolute Gasteiger partial charge is 0.364 e. The van der Waals surface area contributed by atoms with Gasteiger partial charge in [0.2, 0.25) is 0 Å². The summed E-state index contributed by atoms with van der Waals surface area (Å²) in [6.07, 6.45) is 1.67. The molecule has 1 heterocycles. The molecule has 1 aliphatic heterocycles. The average molecular weight is 195 g/mol. The molecular formula is C13H9NO. The first-order valence-electron chi connectivity index (χ1n) is 4.84. The molecule has 72 valence electrons. The van der Waals surface area contributed by atoms with Crippen molar-refractivity contribution in [2.45, 2.75) is 0 Å². The third-order valence-corrected chi connectivity index (χ3v) is 2.48. The van der Waals surface area contributed by atoms with Gasteiger partial charge in [0, 0.05) is 16.7 Å². The summed E-state index contributed by atoms with van der Waals surface area (Å²) in [6.45, 7) is 0. The van der Waals surface area contributed by atoms with Crippen LogP contribution in [0, 0.1) is 0 Å². The van der Waals surface area contributed by atoms with Crippen LogP contribution in [0.2, 0.25) is 0 Å². The van der Waals surface area contributed by atoms with Gasteiger partial charge in [0.15, 0.2) is 0 Å². The lowest BCUT2D eigenvalue weighted by Crippen LogP contribution is -1.86. The van der Waals surface area contributed by atoms with Crippen LogP contribution in [-0.2, 0) is 0 Å². The Morgan fingerprint density at radius 2 is 1.60 bits per heavy atom. The summed E-state index contributed by atoms with van der Waals surface area (Å²) in [6, 6.07) is 16.1. The van der Waals surface area contributed by atoms with Crippen LogP contribution in [0.5, 0.6) is 0 Å². The van der Waals surface area contributed by atoms with E-state index >= 15 is 0 Å². The summed E-state index contributed by atoms with van der Waals surface area (Å²) in [5, 5.41) is 4.07. The smallest absolute Gasteiger partial charge is 0.130 e. The van der Waals surface area contributed by atoms with Gasteiger partial charge in [-0.3, -0.25) is 0 Å². The second kappa shape index (κ2) is 3.24. The first kappa shape index (κ1) is 8.24. The van der Waals surface area contributed by atoms with E-state index in [1.54, 1.807) is 6.26 Å². The first-order chi connectivity index (χ1) is 7.45. The quantitative estimate of drug-likeness (QED) is 0.594. The van der Waals surface area contributed by atoms with Crippen molar-refractivity contribution in [3.05, 3.63) is 54.8 Å². The predicted molar refractivity (Wildman–Crippen MR) is 58.6 cm³/mol. The molecule has 1 aromatic rings. The van der Waals surface area contributed by atoms with Gasteiger partial charge in [0.25, 0.3) is 0 Å². The minimum absolute atomic E-state index is 0.901. The third kappa shape index (κ3) is 1.31. The van der Waals surface area contributed by atoms with Crippen molar-refractivity contribution in [3.63, 3.8) is 0 Å². The number of hydrogen-bond donors (Lipinski definition) is 0. The van der Waals surface area contributed by atoms with Gasteiger partial charge < -0.3 is 4.52 Å². The molecule has 3 rings (SSSR count). The SMILES string of the molecule is c1ccc(-c2nocc3cccc2-3)cc1. The zero-order chi connectivity index (χ0) is 10.1. The monoisotopic (exact) mass is 195 g/mol. The highest BCUT2D eigenvalue weighted by Crippen LogP contribution is 2.31. The molecule has 0 saturated heterocycles. The van der Waals surface area contributed by atoms with E-state index in [9.17, 15) is 0 Å². The summed E-state index contributed by atoms with van der Waals surface area (Å²) in [5.41, 5.74) is 4.20. The summed E-state index contributed by atoms with van der Waals surface area (Å²) in [7, 11) is 0. The van der Waals surface area contributed by atoms with Crippen molar-refractivity contribution < 1.29 is 4.52 Å². The highest BCUT2D eigenvalue weighted by Gasteiger charge is 2.11. The van der Waals surface area contributed by atoms with E-state index in [0.717, 1.165) is 22.4 Å². The number of nitrogens with zero attached hydrogens (tertiary/aromatic N) is 1. The molecule has 0 saturated carbocycles. The van der Waals surface area contributed by atoms with Crippen molar-refractivity contribution in [2.24, 2.45) is 0 Å². The molecule has 2 heteroatoms. The molecule has 0 aromatic heterocycles. The fourth-order valence-corrected chi connectivity index (χ4v) is 1.74. The van der Waals surface area contributed by atoms with E-state index in [1.807, 2.05) is 42.5 Å². The Morgan fingerprint density at radius 1 is 0.800 bits per heavy atom. The van der Waals surface area contributed by atoms with E-state index in [0.29, 0.717) is 0 Å².